The second-order valence-electron chi connectivity index (χ2n) is 8.19. The number of nitrogens with two attached hydrogens (primary N) is 1. The van der Waals surface area contributed by atoms with Gasteiger partial charge in [0.2, 0.25) is 0 Å². The Morgan fingerprint density at radius 2 is 1.70 bits per heavy atom. The molecule has 0 aliphatic carbocycles. The molecular formula is C24H24BN5O2S. The first-order chi connectivity index (χ1) is 15.8. The zero-order chi connectivity index (χ0) is 23.6. The first-order valence-corrected chi connectivity index (χ1v) is 11.6. The summed E-state index contributed by atoms with van der Waals surface area (Å²) < 4.78 is 17.2. The number of nitrogen functional groups attached to an aromatic ring is 1. The van der Waals surface area contributed by atoms with Crippen molar-refractivity contribution in [3.8, 4) is 34.0 Å². The zero-order valence-electron chi connectivity index (χ0n) is 18.7. The molecule has 0 spiro atoms. The van der Waals surface area contributed by atoms with E-state index in [-0.39, 0.29) is 5.82 Å². The minimum Gasteiger partial charge on any atom is -0.382 e. The first kappa shape index (κ1) is 22.9. The van der Waals surface area contributed by atoms with Crippen LogP contribution in [-0.2, 0) is 17.3 Å². The Labute approximate surface area is 196 Å². The molecular weight excluding hydrogens is 433 g/mol. The van der Waals surface area contributed by atoms with Crippen molar-refractivity contribution < 1.29 is 8.73 Å². The van der Waals surface area contributed by atoms with Gasteiger partial charge in [0, 0.05) is 44.1 Å². The molecule has 0 fully saturated rings. The molecule has 0 aliphatic heterocycles. The van der Waals surface area contributed by atoms with Crippen molar-refractivity contribution in [2.45, 2.75) is 29.9 Å². The summed E-state index contributed by atoms with van der Waals surface area (Å²) in [6, 6.07) is 17.1. The molecule has 1 atom stereocenters. The highest BCUT2D eigenvalue weighted by molar-refractivity contribution is 7.87. The third-order valence-corrected chi connectivity index (χ3v) is 6.67. The number of hydrogen-bond donors (Lipinski definition) is 2. The van der Waals surface area contributed by atoms with Crippen LogP contribution < -0.4 is 11.1 Å². The number of aromatic nitrogens is 3. The van der Waals surface area contributed by atoms with Gasteiger partial charge in [-0.3, -0.25) is 4.21 Å². The van der Waals surface area contributed by atoms with Crippen molar-refractivity contribution in [2.75, 3.05) is 12.8 Å². The number of hydrogen-bond acceptors (Lipinski definition) is 7. The summed E-state index contributed by atoms with van der Waals surface area (Å²) in [4.78, 5) is 9.58. The number of benzene rings is 2. The lowest BCUT2D eigenvalue weighted by atomic mass is 9.91. The molecule has 2 aromatic heterocycles. The van der Waals surface area contributed by atoms with E-state index in [1.54, 1.807) is 38.2 Å². The van der Waals surface area contributed by atoms with Crippen molar-refractivity contribution in [3.05, 3.63) is 66.4 Å². The van der Waals surface area contributed by atoms with E-state index in [1.807, 2.05) is 43.4 Å². The molecule has 0 saturated heterocycles. The minimum atomic E-state index is -1.33. The van der Waals surface area contributed by atoms with Gasteiger partial charge >= 0.3 is 0 Å². The summed E-state index contributed by atoms with van der Waals surface area (Å²) in [7, 11) is 6.55. The lowest BCUT2D eigenvalue weighted by Crippen LogP contribution is -2.26. The molecule has 2 heterocycles. The molecule has 33 heavy (non-hydrogen) atoms. The fraction of sp³-hybridized carbons (Fsp3) is 0.208. The van der Waals surface area contributed by atoms with E-state index in [2.05, 4.69) is 20.4 Å². The largest absolute Gasteiger partial charge is 0.382 e. The van der Waals surface area contributed by atoms with E-state index in [4.69, 9.17) is 18.1 Å². The van der Waals surface area contributed by atoms with Gasteiger partial charge in [0.15, 0.2) is 17.3 Å². The normalized spacial score (nSPS) is 12.6. The van der Waals surface area contributed by atoms with Crippen LogP contribution in [0.25, 0.3) is 34.0 Å². The Balaban J connectivity index is 1.61. The highest BCUT2D eigenvalue weighted by Gasteiger charge is 2.21. The molecule has 4 aromatic rings. The molecule has 9 heteroatoms. The van der Waals surface area contributed by atoms with Crippen LogP contribution in [0.2, 0.25) is 0 Å². The third kappa shape index (κ3) is 5.04. The topological polar surface area (TPSA) is 107 Å². The van der Waals surface area contributed by atoms with Gasteiger partial charge in [-0.2, -0.15) is 0 Å². The van der Waals surface area contributed by atoms with E-state index in [9.17, 15) is 4.21 Å². The zero-order valence-corrected chi connectivity index (χ0v) is 19.5. The number of nitrogens with zero attached hydrogens (tertiary/aromatic N) is 3. The van der Waals surface area contributed by atoms with Gasteiger partial charge < -0.3 is 15.6 Å². The Morgan fingerprint density at radius 1 is 1.06 bits per heavy atom. The lowest BCUT2D eigenvalue weighted by Gasteiger charge is -2.18. The van der Waals surface area contributed by atoms with Crippen LogP contribution >= 0.6 is 0 Å². The molecule has 0 amide bonds. The van der Waals surface area contributed by atoms with Gasteiger partial charge in [0.1, 0.15) is 5.69 Å². The molecule has 2 aromatic carbocycles. The fourth-order valence-electron chi connectivity index (χ4n) is 3.29. The lowest BCUT2D eigenvalue weighted by molar-refractivity contribution is 0.434. The summed E-state index contributed by atoms with van der Waals surface area (Å²) in [5.41, 5.74) is 10.7. The number of nitrogens with one attached hydrogen (secondary N) is 1. The van der Waals surface area contributed by atoms with Crippen molar-refractivity contribution in [1.29, 1.82) is 0 Å². The van der Waals surface area contributed by atoms with Gasteiger partial charge in [-0.05, 0) is 24.7 Å². The van der Waals surface area contributed by atoms with Crippen LogP contribution in [0.15, 0.2) is 70.2 Å². The maximum Gasteiger partial charge on any atom is 0.189 e. The van der Waals surface area contributed by atoms with Gasteiger partial charge in [-0.25, -0.2) is 9.97 Å². The Morgan fingerprint density at radius 3 is 2.33 bits per heavy atom. The number of rotatable bonds is 7. The van der Waals surface area contributed by atoms with E-state index in [1.165, 1.54) is 5.56 Å². The minimum absolute atomic E-state index is 0.244. The van der Waals surface area contributed by atoms with E-state index in [0.717, 1.165) is 17.7 Å². The summed E-state index contributed by atoms with van der Waals surface area (Å²) in [5, 5.41) is 7.30. The smallest absolute Gasteiger partial charge is 0.189 e. The van der Waals surface area contributed by atoms with Gasteiger partial charge in [-0.15, -0.1) is 0 Å². The fourth-order valence-corrected chi connectivity index (χ4v) is 4.28. The van der Waals surface area contributed by atoms with Crippen molar-refractivity contribution in [1.82, 2.24) is 20.4 Å². The Bertz CT molecular complexity index is 1280. The third-order valence-electron chi connectivity index (χ3n) is 5.02. The quantitative estimate of drug-likeness (QED) is 0.407. The van der Waals surface area contributed by atoms with Gasteiger partial charge in [0.05, 0.1) is 19.7 Å². The van der Waals surface area contributed by atoms with Crippen LogP contribution in [0.3, 0.4) is 0 Å². The second kappa shape index (κ2) is 9.29. The number of anilines is 1. The van der Waals surface area contributed by atoms with Crippen LogP contribution in [0, 0.1) is 0 Å². The van der Waals surface area contributed by atoms with Gasteiger partial charge in [-0.1, -0.05) is 55.4 Å². The molecule has 3 N–H and O–H groups in total. The van der Waals surface area contributed by atoms with Crippen molar-refractivity contribution in [3.63, 3.8) is 0 Å². The van der Waals surface area contributed by atoms with E-state index < -0.39 is 15.4 Å². The SMILES string of the molecule is [B]C(C)(C)S(=O)c1ccc(-c2cnc(N)c(-c3cc(-c4ccc(CNC)cc4)no3)n2)cc1. The second-order valence-corrected chi connectivity index (χ2v) is 10.3. The predicted octanol–water partition coefficient (Wildman–Crippen LogP) is 3.78. The molecule has 1 unspecified atom stereocenters. The van der Waals surface area contributed by atoms with Crippen LogP contribution in [0.1, 0.15) is 19.4 Å². The average molecular weight is 457 g/mol. The van der Waals surface area contributed by atoms with Crippen molar-refractivity contribution >= 4 is 24.5 Å². The maximum atomic E-state index is 12.5. The predicted molar refractivity (Wildman–Crippen MR) is 132 cm³/mol. The Hall–Kier alpha value is -3.30. The molecule has 166 valence electrons. The maximum absolute atomic E-state index is 12.5. The summed E-state index contributed by atoms with van der Waals surface area (Å²) in [6.45, 7) is 4.26. The van der Waals surface area contributed by atoms with Crippen LogP contribution in [0.4, 0.5) is 5.82 Å². The first-order valence-electron chi connectivity index (χ1n) is 10.4. The standard InChI is InChI=1S/C24H24BN5O2S/c1-24(2,25)33(31)18-10-8-17(9-11-18)20-14-28-23(26)22(29-20)21-12-19(30-32-21)16-6-4-15(5-7-16)13-27-3/h4-12,14,27H,13H2,1-3H3,(H2,26,28). The molecule has 0 bridgehead atoms. The van der Waals surface area contributed by atoms with Crippen LogP contribution in [-0.4, -0.2) is 38.9 Å². The van der Waals surface area contributed by atoms with Gasteiger partial charge in [0.25, 0.3) is 0 Å². The van der Waals surface area contributed by atoms with Crippen molar-refractivity contribution in [2.24, 2.45) is 0 Å². The summed E-state index contributed by atoms with van der Waals surface area (Å²) in [6.07, 6.45) is 1.59. The molecule has 0 aliphatic rings. The molecule has 7 nitrogen and oxygen atoms in total. The molecule has 4 rings (SSSR count). The highest BCUT2D eigenvalue weighted by atomic mass is 32.2. The molecule has 0 saturated carbocycles. The highest BCUT2D eigenvalue weighted by Crippen LogP contribution is 2.30. The average Bonchev–Trinajstić information content (AvgIpc) is 3.29. The summed E-state index contributed by atoms with van der Waals surface area (Å²) in [5.74, 6) is 0.673. The summed E-state index contributed by atoms with van der Waals surface area (Å²) >= 11 is 0. The monoisotopic (exact) mass is 457 g/mol. The van der Waals surface area contributed by atoms with E-state index >= 15 is 0 Å². The van der Waals surface area contributed by atoms with E-state index in [0.29, 0.717) is 27.7 Å². The van der Waals surface area contributed by atoms with Crippen LogP contribution in [0.5, 0.6) is 0 Å². The molecule has 2 radical (unpaired) electrons. The Kier molecular flexibility index (Phi) is 6.44.